The van der Waals surface area contributed by atoms with Crippen molar-refractivity contribution in [2.75, 3.05) is 23.7 Å². The minimum atomic E-state index is 0.327. The van der Waals surface area contributed by atoms with Gasteiger partial charge in [-0.2, -0.15) is 10.1 Å². The molecule has 0 saturated carbocycles. The third-order valence-electron chi connectivity index (χ3n) is 3.34. The molecule has 1 aliphatic heterocycles. The van der Waals surface area contributed by atoms with Gasteiger partial charge in [0.1, 0.15) is 5.82 Å². The van der Waals surface area contributed by atoms with Crippen molar-refractivity contribution in [1.82, 2.24) is 20.2 Å². The molecule has 1 aliphatic rings. The van der Waals surface area contributed by atoms with E-state index in [2.05, 4.69) is 38.1 Å². The maximum Gasteiger partial charge on any atom is 0.222 e. The molecule has 0 radical (unpaired) electrons. The Labute approximate surface area is 111 Å². The Morgan fingerprint density at radius 2 is 2.26 bits per heavy atom. The van der Waals surface area contributed by atoms with Crippen LogP contribution in [0, 0.1) is 6.92 Å². The van der Waals surface area contributed by atoms with Gasteiger partial charge in [-0.3, -0.25) is 5.10 Å². The van der Waals surface area contributed by atoms with Crippen LogP contribution in [0.3, 0.4) is 0 Å². The average Bonchev–Trinajstić information content (AvgIpc) is 2.91. The normalized spacial score (nSPS) is 14.2. The van der Waals surface area contributed by atoms with Gasteiger partial charge < -0.3 is 10.6 Å². The number of hydrogen-bond donors (Lipinski definition) is 2. The summed E-state index contributed by atoms with van der Waals surface area (Å²) in [6.07, 6.45) is 3.87. The lowest BCUT2D eigenvalue weighted by Crippen LogP contribution is -2.30. The van der Waals surface area contributed by atoms with Crippen molar-refractivity contribution in [2.24, 2.45) is 0 Å². The lowest BCUT2D eigenvalue weighted by Gasteiger charge is -2.29. The first-order chi connectivity index (χ1) is 9.19. The first kappa shape index (κ1) is 11.7. The highest BCUT2D eigenvalue weighted by atomic mass is 15.2. The van der Waals surface area contributed by atoms with Crippen LogP contribution < -0.4 is 10.6 Å². The molecular formula is C13H16N6. The highest BCUT2D eigenvalue weighted by molar-refractivity contribution is 5.89. The molecule has 19 heavy (non-hydrogen) atoms. The number of rotatable bonds is 2. The predicted octanol–water partition coefficient (Wildman–Crippen LogP) is 1.47. The summed E-state index contributed by atoms with van der Waals surface area (Å²) in [5.74, 6) is 1.24. The van der Waals surface area contributed by atoms with Gasteiger partial charge in [0, 0.05) is 24.8 Å². The Kier molecular flexibility index (Phi) is 2.70. The summed E-state index contributed by atoms with van der Waals surface area (Å²) in [6.45, 7) is 5.72. The second-order valence-electron chi connectivity index (χ2n) is 4.56. The molecule has 0 atom stereocenters. The SMILES string of the molecule is CCN1CC(c2ccn[nH]2)=Cc2c(C)nc(N)nc21. The summed E-state index contributed by atoms with van der Waals surface area (Å²) in [5.41, 5.74) is 9.89. The van der Waals surface area contributed by atoms with Gasteiger partial charge in [-0.15, -0.1) is 0 Å². The Morgan fingerprint density at radius 3 is 2.95 bits per heavy atom. The highest BCUT2D eigenvalue weighted by Crippen LogP contribution is 2.32. The maximum absolute atomic E-state index is 5.74. The number of nitrogens with one attached hydrogen (secondary N) is 1. The molecule has 6 nitrogen and oxygen atoms in total. The van der Waals surface area contributed by atoms with Crippen molar-refractivity contribution in [3.8, 4) is 0 Å². The van der Waals surface area contributed by atoms with Crippen LogP contribution in [0.25, 0.3) is 11.6 Å². The number of aryl methyl sites for hydroxylation is 1. The van der Waals surface area contributed by atoms with Crippen LogP contribution >= 0.6 is 0 Å². The predicted molar refractivity (Wildman–Crippen MR) is 75.5 cm³/mol. The average molecular weight is 256 g/mol. The van der Waals surface area contributed by atoms with E-state index >= 15 is 0 Å². The third kappa shape index (κ3) is 1.95. The number of nitrogens with zero attached hydrogens (tertiary/aromatic N) is 4. The monoisotopic (exact) mass is 256 g/mol. The number of nitrogen functional groups attached to an aromatic ring is 1. The molecule has 0 fully saturated rings. The summed E-state index contributed by atoms with van der Waals surface area (Å²) in [5, 5.41) is 7.01. The number of fused-ring (bicyclic) bond motifs is 1. The molecule has 3 heterocycles. The quantitative estimate of drug-likeness (QED) is 0.850. The number of nitrogens with two attached hydrogens (primary N) is 1. The molecule has 0 unspecified atom stereocenters. The summed E-state index contributed by atoms with van der Waals surface area (Å²) in [4.78, 5) is 10.8. The fourth-order valence-electron chi connectivity index (χ4n) is 2.36. The molecule has 2 aromatic rings. The molecule has 0 aliphatic carbocycles. The van der Waals surface area contributed by atoms with Crippen LogP contribution in [0.4, 0.5) is 11.8 Å². The molecule has 3 N–H and O–H groups in total. The van der Waals surface area contributed by atoms with Crippen molar-refractivity contribution in [2.45, 2.75) is 13.8 Å². The van der Waals surface area contributed by atoms with E-state index in [1.807, 2.05) is 13.0 Å². The largest absolute Gasteiger partial charge is 0.368 e. The van der Waals surface area contributed by atoms with Crippen LogP contribution in [0.5, 0.6) is 0 Å². The Hall–Kier alpha value is -2.37. The minimum absolute atomic E-state index is 0.327. The van der Waals surface area contributed by atoms with Gasteiger partial charge in [-0.1, -0.05) is 0 Å². The second-order valence-corrected chi connectivity index (χ2v) is 4.56. The van der Waals surface area contributed by atoms with Crippen LogP contribution in [-0.4, -0.2) is 33.3 Å². The zero-order chi connectivity index (χ0) is 13.4. The number of aromatic amines is 1. The number of hydrogen-bond acceptors (Lipinski definition) is 5. The van der Waals surface area contributed by atoms with E-state index in [-0.39, 0.29) is 0 Å². The summed E-state index contributed by atoms with van der Waals surface area (Å²) in [6, 6.07) is 1.97. The van der Waals surface area contributed by atoms with E-state index in [0.717, 1.165) is 35.9 Å². The van der Waals surface area contributed by atoms with Gasteiger partial charge in [0.25, 0.3) is 0 Å². The van der Waals surface area contributed by atoms with Crippen LogP contribution in [0.15, 0.2) is 12.3 Å². The van der Waals surface area contributed by atoms with E-state index in [1.165, 1.54) is 5.57 Å². The van der Waals surface area contributed by atoms with Crippen LogP contribution in [0.2, 0.25) is 0 Å². The van der Waals surface area contributed by atoms with Gasteiger partial charge in [0.2, 0.25) is 5.95 Å². The van der Waals surface area contributed by atoms with Crippen molar-refractivity contribution < 1.29 is 0 Å². The summed E-state index contributed by atoms with van der Waals surface area (Å²) in [7, 11) is 0. The lowest BCUT2D eigenvalue weighted by molar-refractivity contribution is 0.868. The van der Waals surface area contributed by atoms with Gasteiger partial charge >= 0.3 is 0 Å². The molecule has 6 heteroatoms. The topological polar surface area (TPSA) is 83.7 Å². The second kappa shape index (κ2) is 4.38. The fourth-order valence-corrected chi connectivity index (χ4v) is 2.36. The first-order valence-electron chi connectivity index (χ1n) is 6.28. The van der Waals surface area contributed by atoms with Gasteiger partial charge in [0.15, 0.2) is 0 Å². The Balaban J connectivity index is 2.15. The molecule has 0 amide bonds. The molecule has 2 aromatic heterocycles. The Bertz CT molecular complexity index is 629. The fraction of sp³-hybridized carbons (Fsp3) is 0.308. The van der Waals surface area contributed by atoms with Gasteiger partial charge in [0.05, 0.1) is 11.4 Å². The first-order valence-corrected chi connectivity index (χ1v) is 6.28. The number of likely N-dealkylation sites (N-methyl/N-ethyl adjacent to an activating group) is 1. The maximum atomic E-state index is 5.74. The van der Waals surface area contributed by atoms with Gasteiger partial charge in [-0.05, 0) is 31.6 Å². The standard InChI is InChI=1S/C13H16N6/c1-3-19-7-9(11-4-5-15-18-11)6-10-8(2)16-13(14)17-12(10)19/h4-6H,3,7H2,1-2H3,(H,15,18)(H2,14,16,17). The van der Waals surface area contributed by atoms with Crippen molar-refractivity contribution in [3.63, 3.8) is 0 Å². The minimum Gasteiger partial charge on any atom is -0.368 e. The molecule has 3 rings (SSSR count). The van der Waals surface area contributed by atoms with Crippen molar-refractivity contribution >= 4 is 23.4 Å². The van der Waals surface area contributed by atoms with Crippen LogP contribution in [-0.2, 0) is 0 Å². The number of aromatic nitrogens is 4. The third-order valence-corrected chi connectivity index (χ3v) is 3.34. The Morgan fingerprint density at radius 1 is 1.42 bits per heavy atom. The molecule has 0 saturated heterocycles. The van der Waals surface area contributed by atoms with E-state index < -0.39 is 0 Å². The summed E-state index contributed by atoms with van der Waals surface area (Å²) < 4.78 is 0. The van der Waals surface area contributed by atoms with E-state index in [0.29, 0.717) is 5.95 Å². The number of H-pyrrole nitrogens is 1. The lowest BCUT2D eigenvalue weighted by atomic mass is 10.0. The van der Waals surface area contributed by atoms with E-state index in [1.54, 1.807) is 6.20 Å². The van der Waals surface area contributed by atoms with E-state index in [4.69, 9.17) is 5.73 Å². The molecule has 0 bridgehead atoms. The summed E-state index contributed by atoms with van der Waals surface area (Å²) >= 11 is 0. The van der Waals surface area contributed by atoms with E-state index in [9.17, 15) is 0 Å². The molecule has 0 spiro atoms. The zero-order valence-electron chi connectivity index (χ0n) is 11.0. The molecule has 98 valence electrons. The van der Waals surface area contributed by atoms with Crippen molar-refractivity contribution in [3.05, 3.63) is 29.2 Å². The smallest absolute Gasteiger partial charge is 0.222 e. The zero-order valence-corrected chi connectivity index (χ0v) is 11.0. The van der Waals surface area contributed by atoms with Gasteiger partial charge in [-0.25, -0.2) is 4.98 Å². The van der Waals surface area contributed by atoms with Crippen molar-refractivity contribution in [1.29, 1.82) is 0 Å². The number of anilines is 2. The van der Waals surface area contributed by atoms with Crippen LogP contribution in [0.1, 0.15) is 23.9 Å². The molecular weight excluding hydrogens is 240 g/mol. The highest BCUT2D eigenvalue weighted by Gasteiger charge is 2.22. The molecule has 0 aromatic carbocycles.